The SMILES string of the molecule is Cc1ccc2c(c1)C(=O)N[C@@H](/C=C/c1ccccc1)C2. The maximum atomic E-state index is 12.1. The maximum Gasteiger partial charge on any atom is 0.252 e. The first-order chi connectivity index (χ1) is 9.72. The zero-order valence-corrected chi connectivity index (χ0v) is 11.5. The summed E-state index contributed by atoms with van der Waals surface area (Å²) in [7, 11) is 0. The van der Waals surface area contributed by atoms with E-state index in [2.05, 4.69) is 41.7 Å². The molecule has 20 heavy (non-hydrogen) atoms. The Labute approximate surface area is 119 Å². The van der Waals surface area contributed by atoms with Crippen LogP contribution in [0.1, 0.15) is 27.0 Å². The Kier molecular flexibility index (Phi) is 3.38. The fourth-order valence-electron chi connectivity index (χ4n) is 2.52. The number of nitrogens with one attached hydrogen (secondary N) is 1. The normalized spacial score (nSPS) is 17.9. The van der Waals surface area contributed by atoms with Crippen LogP contribution in [0.4, 0.5) is 0 Å². The third-order valence-corrected chi connectivity index (χ3v) is 3.59. The lowest BCUT2D eigenvalue weighted by Crippen LogP contribution is -2.40. The van der Waals surface area contributed by atoms with E-state index in [9.17, 15) is 4.79 Å². The number of rotatable bonds is 2. The molecule has 0 spiro atoms. The number of aryl methyl sites for hydroxylation is 1. The summed E-state index contributed by atoms with van der Waals surface area (Å²) in [5.74, 6) is 0.0256. The van der Waals surface area contributed by atoms with Gasteiger partial charge in [-0.15, -0.1) is 0 Å². The largest absolute Gasteiger partial charge is 0.345 e. The van der Waals surface area contributed by atoms with Gasteiger partial charge in [0, 0.05) is 5.56 Å². The van der Waals surface area contributed by atoms with Gasteiger partial charge in [-0.25, -0.2) is 0 Å². The van der Waals surface area contributed by atoms with Gasteiger partial charge in [0.15, 0.2) is 0 Å². The summed E-state index contributed by atoms with van der Waals surface area (Å²) in [6, 6.07) is 16.3. The summed E-state index contributed by atoms with van der Waals surface area (Å²) in [4.78, 5) is 12.1. The topological polar surface area (TPSA) is 29.1 Å². The molecule has 1 heterocycles. The molecule has 0 bridgehead atoms. The number of benzene rings is 2. The Balaban J connectivity index is 1.80. The highest BCUT2D eigenvalue weighted by Crippen LogP contribution is 2.19. The van der Waals surface area contributed by atoms with Crippen molar-refractivity contribution in [3.8, 4) is 0 Å². The lowest BCUT2D eigenvalue weighted by Gasteiger charge is -2.23. The van der Waals surface area contributed by atoms with Gasteiger partial charge in [-0.05, 0) is 30.5 Å². The van der Waals surface area contributed by atoms with E-state index in [1.807, 2.05) is 31.2 Å². The molecule has 2 aromatic rings. The van der Waals surface area contributed by atoms with Crippen LogP contribution in [-0.2, 0) is 6.42 Å². The molecule has 3 rings (SSSR count). The van der Waals surface area contributed by atoms with Gasteiger partial charge in [-0.2, -0.15) is 0 Å². The Morgan fingerprint density at radius 1 is 1.15 bits per heavy atom. The van der Waals surface area contributed by atoms with Gasteiger partial charge in [-0.3, -0.25) is 4.79 Å². The van der Waals surface area contributed by atoms with Gasteiger partial charge >= 0.3 is 0 Å². The Morgan fingerprint density at radius 3 is 2.75 bits per heavy atom. The maximum absolute atomic E-state index is 12.1. The number of hydrogen-bond acceptors (Lipinski definition) is 1. The van der Waals surface area contributed by atoms with Gasteiger partial charge < -0.3 is 5.32 Å². The third kappa shape index (κ3) is 2.64. The molecule has 0 saturated carbocycles. The smallest absolute Gasteiger partial charge is 0.252 e. The van der Waals surface area contributed by atoms with Crippen molar-refractivity contribution in [2.75, 3.05) is 0 Å². The van der Waals surface area contributed by atoms with E-state index in [1.54, 1.807) is 0 Å². The summed E-state index contributed by atoms with van der Waals surface area (Å²) < 4.78 is 0. The molecule has 2 aromatic carbocycles. The fourth-order valence-corrected chi connectivity index (χ4v) is 2.52. The van der Waals surface area contributed by atoms with Crippen LogP contribution in [0.15, 0.2) is 54.6 Å². The molecule has 2 nitrogen and oxygen atoms in total. The van der Waals surface area contributed by atoms with Crippen molar-refractivity contribution >= 4 is 12.0 Å². The molecular formula is C18H17NO. The van der Waals surface area contributed by atoms with Crippen LogP contribution in [0, 0.1) is 6.92 Å². The van der Waals surface area contributed by atoms with Crippen LogP contribution in [0.3, 0.4) is 0 Å². The number of carbonyl (C=O) groups excluding carboxylic acids is 1. The average molecular weight is 263 g/mol. The molecule has 0 fully saturated rings. The van der Waals surface area contributed by atoms with Crippen LogP contribution in [0.25, 0.3) is 6.08 Å². The molecule has 2 heteroatoms. The van der Waals surface area contributed by atoms with Gasteiger partial charge in [0.25, 0.3) is 5.91 Å². The summed E-state index contributed by atoms with van der Waals surface area (Å²) in [6.45, 7) is 2.01. The van der Waals surface area contributed by atoms with E-state index in [0.717, 1.165) is 28.7 Å². The quantitative estimate of drug-likeness (QED) is 0.884. The fraction of sp³-hybridized carbons (Fsp3) is 0.167. The Bertz CT molecular complexity index is 658. The van der Waals surface area contributed by atoms with Crippen LogP contribution in [-0.4, -0.2) is 11.9 Å². The van der Waals surface area contributed by atoms with Crippen molar-refractivity contribution in [2.24, 2.45) is 0 Å². The predicted octanol–water partition coefficient (Wildman–Crippen LogP) is 3.36. The zero-order chi connectivity index (χ0) is 13.9. The standard InChI is InChI=1S/C18H17NO/c1-13-7-9-15-12-16(19-18(20)17(15)11-13)10-8-14-5-3-2-4-6-14/h2-11,16H,12H2,1H3,(H,19,20)/b10-8+/t16-/m0/s1. The first kappa shape index (κ1) is 12.7. The van der Waals surface area contributed by atoms with Gasteiger partial charge in [0.05, 0.1) is 6.04 Å². The van der Waals surface area contributed by atoms with Gasteiger partial charge in [0.2, 0.25) is 0 Å². The average Bonchev–Trinajstić information content (AvgIpc) is 2.47. The number of hydrogen-bond donors (Lipinski definition) is 1. The van der Waals surface area contributed by atoms with Crippen molar-refractivity contribution in [1.82, 2.24) is 5.32 Å². The monoisotopic (exact) mass is 263 g/mol. The van der Waals surface area contributed by atoms with E-state index in [-0.39, 0.29) is 11.9 Å². The van der Waals surface area contributed by atoms with Crippen molar-refractivity contribution < 1.29 is 4.79 Å². The van der Waals surface area contributed by atoms with E-state index in [4.69, 9.17) is 0 Å². The molecule has 0 radical (unpaired) electrons. The van der Waals surface area contributed by atoms with Crippen LogP contribution >= 0.6 is 0 Å². The second-order valence-corrected chi connectivity index (χ2v) is 5.21. The number of amides is 1. The predicted molar refractivity (Wildman–Crippen MR) is 81.6 cm³/mol. The Morgan fingerprint density at radius 2 is 1.95 bits per heavy atom. The molecule has 1 N–H and O–H groups in total. The molecule has 1 atom stereocenters. The minimum Gasteiger partial charge on any atom is -0.345 e. The molecule has 0 aromatic heterocycles. The zero-order valence-electron chi connectivity index (χ0n) is 11.5. The van der Waals surface area contributed by atoms with E-state index in [1.165, 1.54) is 0 Å². The molecule has 1 amide bonds. The van der Waals surface area contributed by atoms with Crippen LogP contribution < -0.4 is 5.32 Å². The van der Waals surface area contributed by atoms with Gasteiger partial charge in [-0.1, -0.05) is 60.2 Å². The number of carbonyl (C=O) groups is 1. The third-order valence-electron chi connectivity index (χ3n) is 3.59. The molecule has 1 aliphatic rings. The highest BCUT2D eigenvalue weighted by molar-refractivity contribution is 5.97. The van der Waals surface area contributed by atoms with E-state index < -0.39 is 0 Å². The molecule has 0 aliphatic carbocycles. The highest BCUT2D eigenvalue weighted by Gasteiger charge is 2.22. The van der Waals surface area contributed by atoms with Crippen molar-refractivity contribution in [3.63, 3.8) is 0 Å². The summed E-state index contributed by atoms with van der Waals surface area (Å²) in [5, 5.41) is 3.04. The molecule has 0 unspecified atom stereocenters. The van der Waals surface area contributed by atoms with Crippen molar-refractivity contribution in [1.29, 1.82) is 0 Å². The second-order valence-electron chi connectivity index (χ2n) is 5.21. The minimum absolute atomic E-state index is 0.0256. The first-order valence-electron chi connectivity index (χ1n) is 6.86. The lowest BCUT2D eigenvalue weighted by atomic mass is 9.93. The minimum atomic E-state index is 0.0256. The highest BCUT2D eigenvalue weighted by atomic mass is 16.1. The van der Waals surface area contributed by atoms with Gasteiger partial charge in [0.1, 0.15) is 0 Å². The first-order valence-corrected chi connectivity index (χ1v) is 6.86. The van der Waals surface area contributed by atoms with Crippen molar-refractivity contribution in [3.05, 3.63) is 76.9 Å². The number of fused-ring (bicyclic) bond motifs is 1. The second kappa shape index (κ2) is 5.33. The molecule has 1 aliphatic heterocycles. The summed E-state index contributed by atoms with van der Waals surface area (Å²) in [5.41, 5.74) is 4.21. The van der Waals surface area contributed by atoms with E-state index in [0.29, 0.717) is 0 Å². The van der Waals surface area contributed by atoms with E-state index >= 15 is 0 Å². The summed E-state index contributed by atoms with van der Waals surface area (Å²) >= 11 is 0. The molecular weight excluding hydrogens is 246 g/mol. The Hall–Kier alpha value is -2.35. The summed E-state index contributed by atoms with van der Waals surface area (Å²) in [6.07, 6.45) is 4.98. The van der Waals surface area contributed by atoms with Crippen LogP contribution in [0.2, 0.25) is 0 Å². The van der Waals surface area contributed by atoms with Crippen LogP contribution in [0.5, 0.6) is 0 Å². The van der Waals surface area contributed by atoms with Crippen molar-refractivity contribution in [2.45, 2.75) is 19.4 Å². The molecule has 100 valence electrons. The molecule has 0 saturated heterocycles. The lowest BCUT2D eigenvalue weighted by molar-refractivity contribution is 0.0934.